The Morgan fingerprint density at radius 3 is 2.29 bits per heavy atom. The van der Waals surface area contributed by atoms with Crippen LogP contribution in [0.3, 0.4) is 0 Å². The van der Waals surface area contributed by atoms with Gasteiger partial charge in [0.25, 0.3) is 10.2 Å². The second-order valence-corrected chi connectivity index (χ2v) is 5.47. The van der Waals surface area contributed by atoms with E-state index in [9.17, 15) is 13.2 Å². The van der Waals surface area contributed by atoms with Crippen molar-refractivity contribution in [2.24, 2.45) is 5.92 Å². The van der Waals surface area contributed by atoms with Crippen LogP contribution in [0.4, 0.5) is 0 Å². The molecule has 0 aromatic rings. The minimum absolute atomic E-state index is 0.0535. The summed E-state index contributed by atoms with van der Waals surface area (Å²) in [5, 5.41) is 8.78. The smallest absolute Gasteiger partial charge is 0.322 e. The van der Waals surface area contributed by atoms with Crippen molar-refractivity contribution < 1.29 is 18.3 Å². The van der Waals surface area contributed by atoms with E-state index in [1.54, 1.807) is 0 Å². The second kappa shape index (κ2) is 3.84. The summed E-state index contributed by atoms with van der Waals surface area (Å²) in [7, 11) is -0.934. The van der Waals surface area contributed by atoms with Crippen LogP contribution in [0.2, 0.25) is 0 Å². The molecule has 1 fully saturated rings. The molecule has 1 unspecified atom stereocenters. The van der Waals surface area contributed by atoms with Crippen LogP contribution in [0.15, 0.2) is 0 Å². The van der Waals surface area contributed by atoms with Gasteiger partial charge >= 0.3 is 5.97 Å². The predicted molar refractivity (Wildman–Crippen MR) is 49.9 cm³/mol. The van der Waals surface area contributed by atoms with Gasteiger partial charge in [0, 0.05) is 14.1 Å². The molecule has 0 bridgehead atoms. The lowest BCUT2D eigenvalue weighted by atomic mass is 10.2. The molecule has 0 saturated heterocycles. The lowest BCUT2D eigenvalue weighted by molar-refractivity contribution is -0.139. The van der Waals surface area contributed by atoms with Gasteiger partial charge in [-0.05, 0) is 18.8 Å². The van der Waals surface area contributed by atoms with Gasteiger partial charge in [0.05, 0.1) is 0 Å². The molecule has 1 rings (SSSR count). The summed E-state index contributed by atoms with van der Waals surface area (Å²) < 4.78 is 25.8. The molecule has 0 aromatic heterocycles. The van der Waals surface area contributed by atoms with Gasteiger partial charge in [-0.2, -0.15) is 17.4 Å². The van der Waals surface area contributed by atoms with E-state index in [-0.39, 0.29) is 5.92 Å². The quantitative estimate of drug-likeness (QED) is 0.640. The Kier molecular flexibility index (Phi) is 3.13. The molecule has 1 atom stereocenters. The number of carboxylic acid groups (broad SMARTS) is 1. The lowest BCUT2D eigenvalue weighted by Crippen LogP contribution is -2.47. The van der Waals surface area contributed by atoms with E-state index >= 15 is 0 Å². The zero-order valence-corrected chi connectivity index (χ0v) is 8.91. The molecule has 14 heavy (non-hydrogen) atoms. The van der Waals surface area contributed by atoms with Gasteiger partial charge in [0.15, 0.2) is 0 Å². The molecule has 1 aliphatic carbocycles. The highest BCUT2D eigenvalue weighted by Gasteiger charge is 2.39. The Morgan fingerprint density at radius 1 is 1.50 bits per heavy atom. The average Bonchev–Trinajstić information content (AvgIpc) is 2.81. The molecule has 1 saturated carbocycles. The first kappa shape index (κ1) is 11.4. The van der Waals surface area contributed by atoms with E-state index in [4.69, 9.17) is 5.11 Å². The Labute approximate surface area is 83.1 Å². The first-order valence-corrected chi connectivity index (χ1v) is 5.71. The molecule has 1 aliphatic rings. The summed E-state index contributed by atoms with van der Waals surface area (Å²) in [6.45, 7) is 0. The van der Waals surface area contributed by atoms with Crippen molar-refractivity contribution in [1.29, 1.82) is 0 Å². The lowest BCUT2D eigenvalue weighted by Gasteiger charge is -2.17. The minimum atomic E-state index is -3.64. The summed E-state index contributed by atoms with van der Waals surface area (Å²) >= 11 is 0. The molecule has 0 amide bonds. The maximum atomic E-state index is 11.3. The van der Waals surface area contributed by atoms with E-state index in [2.05, 4.69) is 4.72 Å². The molecule has 0 spiro atoms. The predicted octanol–water partition coefficient (Wildman–Crippen LogP) is -0.754. The Morgan fingerprint density at radius 2 is 2.00 bits per heavy atom. The molecule has 0 radical (unpaired) electrons. The highest BCUT2D eigenvalue weighted by Crippen LogP contribution is 2.33. The van der Waals surface area contributed by atoms with E-state index in [0.29, 0.717) is 0 Å². The zero-order chi connectivity index (χ0) is 10.9. The van der Waals surface area contributed by atoms with Gasteiger partial charge in [-0.1, -0.05) is 0 Å². The third-order valence-electron chi connectivity index (χ3n) is 2.12. The van der Waals surface area contributed by atoms with Crippen molar-refractivity contribution in [1.82, 2.24) is 9.03 Å². The maximum Gasteiger partial charge on any atom is 0.322 e. The Balaban J connectivity index is 2.69. The van der Waals surface area contributed by atoms with Crippen molar-refractivity contribution in [2.45, 2.75) is 18.9 Å². The Hall–Kier alpha value is -0.660. The molecule has 2 N–H and O–H groups in total. The fourth-order valence-electron chi connectivity index (χ4n) is 1.04. The SMILES string of the molecule is CN(C)S(=O)(=O)NC(C(=O)O)C1CC1. The fourth-order valence-corrected chi connectivity index (χ4v) is 1.87. The number of carbonyl (C=O) groups is 1. The molecule has 0 aliphatic heterocycles. The molecular formula is C7H14N2O4S. The van der Waals surface area contributed by atoms with Crippen LogP contribution in [0.25, 0.3) is 0 Å². The topological polar surface area (TPSA) is 86.7 Å². The van der Waals surface area contributed by atoms with Crippen LogP contribution in [0.1, 0.15) is 12.8 Å². The third kappa shape index (κ3) is 2.66. The number of aliphatic carboxylic acids is 1. The van der Waals surface area contributed by atoms with Crippen molar-refractivity contribution >= 4 is 16.2 Å². The summed E-state index contributed by atoms with van der Waals surface area (Å²) in [6.07, 6.45) is 1.54. The number of rotatable bonds is 5. The van der Waals surface area contributed by atoms with Crippen LogP contribution in [-0.4, -0.2) is 43.9 Å². The van der Waals surface area contributed by atoms with Crippen molar-refractivity contribution in [3.63, 3.8) is 0 Å². The number of hydrogen-bond acceptors (Lipinski definition) is 3. The molecule has 6 nitrogen and oxygen atoms in total. The standard InChI is InChI=1S/C7H14N2O4S/c1-9(2)14(12,13)8-6(7(10)11)5-3-4-5/h5-6,8H,3-4H2,1-2H3,(H,10,11). The fraction of sp³-hybridized carbons (Fsp3) is 0.857. The number of nitrogens with one attached hydrogen (secondary N) is 1. The van der Waals surface area contributed by atoms with Gasteiger partial charge < -0.3 is 5.11 Å². The molecule has 82 valence electrons. The van der Waals surface area contributed by atoms with Crippen LogP contribution < -0.4 is 4.72 Å². The third-order valence-corrected chi connectivity index (χ3v) is 3.63. The van der Waals surface area contributed by atoms with Crippen molar-refractivity contribution in [3.05, 3.63) is 0 Å². The van der Waals surface area contributed by atoms with Crippen LogP contribution in [-0.2, 0) is 15.0 Å². The van der Waals surface area contributed by atoms with Gasteiger partial charge in [0.2, 0.25) is 0 Å². The van der Waals surface area contributed by atoms with Crippen LogP contribution >= 0.6 is 0 Å². The normalized spacial score (nSPS) is 19.6. The first-order valence-electron chi connectivity index (χ1n) is 4.27. The Bertz CT molecular complexity index is 321. The molecule has 7 heteroatoms. The average molecular weight is 222 g/mol. The number of hydrogen-bond donors (Lipinski definition) is 2. The highest BCUT2D eigenvalue weighted by molar-refractivity contribution is 7.87. The molecular weight excluding hydrogens is 208 g/mol. The summed E-state index contributed by atoms with van der Waals surface area (Å²) in [6, 6.07) is -0.984. The number of nitrogens with zero attached hydrogens (tertiary/aromatic N) is 1. The molecule has 0 aromatic carbocycles. The molecule has 0 heterocycles. The van der Waals surface area contributed by atoms with Gasteiger partial charge in [-0.25, -0.2) is 0 Å². The second-order valence-electron chi connectivity index (χ2n) is 3.56. The van der Waals surface area contributed by atoms with Crippen LogP contribution in [0.5, 0.6) is 0 Å². The first-order chi connectivity index (χ1) is 6.34. The summed E-state index contributed by atoms with van der Waals surface area (Å²) in [5.74, 6) is -1.17. The minimum Gasteiger partial charge on any atom is -0.480 e. The van der Waals surface area contributed by atoms with E-state index in [0.717, 1.165) is 17.1 Å². The highest BCUT2D eigenvalue weighted by atomic mass is 32.2. The largest absolute Gasteiger partial charge is 0.480 e. The van der Waals surface area contributed by atoms with Crippen LogP contribution in [0, 0.1) is 5.92 Å². The van der Waals surface area contributed by atoms with Crippen molar-refractivity contribution in [2.75, 3.05) is 14.1 Å². The van der Waals surface area contributed by atoms with Gasteiger partial charge in [0.1, 0.15) is 6.04 Å². The van der Waals surface area contributed by atoms with Gasteiger partial charge in [-0.3, -0.25) is 4.79 Å². The van der Waals surface area contributed by atoms with E-state index in [1.807, 2.05) is 0 Å². The van der Waals surface area contributed by atoms with Gasteiger partial charge in [-0.15, -0.1) is 0 Å². The maximum absolute atomic E-state index is 11.3. The summed E-state index contributed by atoms with van der Waals surface area (Å²) in [4.78, 5) is 10.7. The van der Waals surface area contributed by atoms with E-state index in [1.165, 1.54) is 14.1 Å². The monoisotopic (exact) mass is 222 g/mol. The van der Waals surface area contributed by atoms with E-state index < -0.39 is 22.2 Å². The number of carboxylic acids is 1. The van der Waals surface area contributed by atoms with Crippen molar-refractivity contribution in [3.8, 4) is 0 Å². The zero-order valence-electron chi connectivity index (χ0n) is 8.10. The summed E-state index contributed by atoms with van der Waals surface area (Å²) in [5.41, 5.74) is 0.